The molecule has 9 heteroatoms. The molecule has 0 aliphatic rings. The van der Waals surface area contributed by atoms with Crippen molar-refractivity contribution in [1.29, 1.82) is 0 Å². The molecule has 4 nitrogen and oxygen atoms in total. The molecule has 0 atom stereocenters. The van der Waals surface area contributed by atoms with E-state index in [0.29, 0.717) is 12.6 Å². The Labute approximate surface area is 146 Å². The fourth-order valence-corrected chi connectivity index (χ4v) is 3.86. The minimum absolute atomic E-state index is 0.0125. The third-order valence-electron chi connectivity index (χ3n) is 3.53. The van der Waals surface area contributed by atoms with Crippen molar-refractivity contribution in [3.63, 3.8) is 0 Å². The standard InChI is InChI=1S/C15H22ClF3N2O2S/c1-10(2)21(11(3)4)8-7-20-24(22,23)14-6-5-12(16)9-13(14)15(17,18)19/h5-6,9-11,20H,7-8H2,1-4H3. The number of alkyl halides is 3. The van der Waals surface area contributed by atoms with Gasteiger partial charge in [-0.3, -0.25) is 4.90 Å². The quantitative estimate of drug-likeness (QED) is 0.776. The lowest BCUT2D eigenvalue weighted by Crippen LogP contribution is -2.42. The van der Waals surface area contributed by atoms with Crippen LogP contribution >= 0.6 is 11.6 Å². The molecular formula is C15H22ClF3N2O2S. The van der Waals surface area contributed by atoms with Crippen LogP contribution in [0.1, 0.15) is 33.3 Å². The lowest BCUT2D eigenvalue weighted by Gasteiger charge is -2.30. The summed E-state index contributed by atoms with van der Waals surface area (Å²) in [6.45, 7) is 8.28. The van der Waals surface area contributed by atoms with E-state index in [9.17, 15) is 21.6 Å². The highest BCUT2D eigenvalue weighted by molar-refractivity contribution is 7.89. The highest BCUT2D eigenvalue weighted by Gasteiger charge is 2.37. The molecule has 0 bridgehead atoms. The summed E-state index contributed by atoms with van der Waals surface area (Å²) in [6, 6.07) is 2.99. The molecule has 0 amide bonds. The van der Waals surface area contributed by atoms with E-state index < -0.39 is 26.7 Å². The summed E-state index contributed by atoms with van der Waals surface area (Å²) in [5.74, 6) is 0. The van der Waals surface area contributed by atoms with Crippen molar-refractivity contribution in [1.82, 2.24) is 9.62 Å². The number of benzene rings is 1. The van der Waals surface area contributed by atoms with Crippen LogP contribution < -0.4 is 4.72 Å². The normalized spacial score (nSPS) is 13.3. The molecule has 1 rings (SSSR count). The number of sulfonamides is 1. The van der Waals surface area contributed by atoms with Crippen LogP contribution in [0.2, 0.25) is 5.02 Å². The summed E-state index contributed by atoms with van der Waals surface area (Å²) in [7, 11) is -4.29. The van der Waals surface area contributed by atoms with Crippen molar-refractivity contribution < 1.29 is 21.6 Å². The van der Waals surface area contributed by atoms with Gasteiger partial charge in [0.2, 0.25) is 10.0 Å². The maximum absolute atomic E-state index is 13.1. The zero-order chi connectivity index (χ0) is 18.7. The monoisotopic (exact) mass is 386 g/mol. The Bertz CT molecular complexity index is 653. The maximum atomic E-state index is 13.1. The molecule has 0 saturated carbocycles. The molecule has 1 N–H and O–H groups in total. The van der Waals surface area contributed by atoms with Crippen LogP contribution in [0.3, 0.4) is 0 Å². The molecule has 1 aromatic carbocycles. The van der Waals surface area contributed by atoms with Gasteiger partial charge in [-0.1, -0.05) is 11.6 Å². The second-order valence-corrected chi connectivity index (χ2v) is 8.13. The summed E-state index contributed by atoms with van der Waals surface area (Å²) in [4.78, 5) is 1.22. The van der Waals surface area contributed by atoms with Crippen LogP contribution in [-0.2, 0) is 16.2 Å². The van der Waals surface area contributed by atoms with Gasteiger partial charge >= 0.3 is 6.18 Å². The number of hydrogen-bond donors (Lipinski definition) is 1. The highest BCUT2D eigenvalue weighted by atomic mass is 35.5. The van der Waals surface area contributed by atoms with Gasteiger partial charge < -0.3 is 0 Å². The molecule has 0 fully saturated rings. The van der Waals surface area contributed by atoms with E-state index in [1.165, 1.54) is 0 Å². The molecular weight excluding hydrogens is 365 g/mol. The zero-order valence-corrected chi connectivity index (χ0v) is 15.6. The van der Waals surface area contributed by atoms with Gasteiger partial charge in [-0.25, -0.2) is 13.1 Å². The second-order valence-electron chi connectivity index (χ2n) is 5.96. The molecule has 0 unspecified atom stereocenters. The molecule has 24 heavy (non-hydrogen) atoms. The van der Waals surface area contributed by atoms with Crippen molar-refractivity contribution in [2.45, 2.75) is 50.9 Å². The summed E-state index contributed by atoms with van der Waals surface area (Å²) in [6.07, 6.45) is -4.81. The Morgan fingerprint density at radius 3 is 2.17 bits per heavy atom. The van der Waals surface area contributed by atoms with Crippen molar-refractivity contribution in [2.24, 2.45) is 0 Å². The van der Waals surface area contributed by atoms with Crippen molar-refractivity contribution in [2.75, 3.05) is 13.1 Å². The van der Waals surface area contributed by atoms with E-state index in [2.05, 4.69) is 4.72 Å². The fraction of sp³-hybridized carbons (Fsp3) is 0.600. The van der Waals surface area contributed by atoms with Crippen LogP contribution in [0, 0.1) is 0 Å². The van der Waals surface area contributed by atoms with Crippen molar-refractivity contribution in [3.05, 3.63) is 28.8 Å². The third kappa shape index (κ3) is 5.61. The Morgan fingerprint density at radius 1 is 1.17 bits per heavy atom. The summed E-state index contributed by atoms with van der Waals surface area (Å²) in [5, 5.41) is -0.174. The molecule has 0 heterocycles. The van der Waals surface area contributed by atoms with Gasteiger partial charge in [0.1, 0.15) is 0 Å². The van der Waals surface area contributed by atoms with E-state index in [1.807, 2.05) is 32.6 Å². The number of nitrogens with one attached hydrogen (secondary N) is 1. The lowest BCUT2D eigenvalue weighted by atomic mass is 10.2. The third-order valence-corrected chi connectivity index (χ3v) is 5.28. The van der Waals surface area contributed by atoms with Crippen molar-refractivity contribution in [3.8, 4) is 0 Å². The van der Waals surface area contributed by atoms with Crippen molar-refractivity contribution >= 4 is 21.6 Å². The minimum Gasteiger partial charge on any atom is -0.297 e. The first kappa shape index (κ1) is 21.2. The van der Waals surface area contributed by atoms with E-state index >= 15 is 0 Å². The first-order valence-electron chi connectivity index (χ1n) is 7.48. The summed E-state index contributed by atoms with van der Waals surface area (Å²) >= 11 is 5.57. The molecule has 0 saturated heterocycles. The number of halogens is 4. The van der Waals surface area contributed by atoms with Gasteiger partial charge in [0.25, 0.3) is 0 Å². The van der Waals surface area contributed by atoms with Gasteiger partial charge in [-0.05, 0) is 45.9 Å². The Hall–Kier alpha value is -0.830. The number of hydrogen-bond acceptors (Lipinski definition) is 3. The van der Waals surface area contributed by atoms with Gasteiger partial charge in [0.05, 0.1) is 10.5 Å². The molecule has 138 valence electrons. The molecule has 0 aliphatic heterocycles. The van der Waals surface area contributed by atoms with Crippen LogP contribution in [0.4, 0.5) is 13.2 Å². The van der Waals surface area contributed by atoms with E-state index in [-0.39, 0.29) is 23.7 Å². The Morgan fingerprint density at radius 2 is 1.71 bits per heavy atom. The summed E-state index contributed by atoms with van der Waals surface area (Å²) in [5.41, 5.74) is -1.27. The zero-order valence-electron chi connectivity index (χ0n) is 14.0. The average molecular weight is 387 g/mol. The molecule has 1 aromatic rings. The highest BCUT2D eigenvalue weighted by Crippen LogP contribution is 2.35. The first-order valence-corrected chi connectivity index (χ1v) is 9.34. The largest absolute Gasteiger partial charge is 0.417 e. The maximum Gasteiger partial charge on any atom is 0.417 e. The molecule has 0 spiro atoms. The second kappa shape index (κ2) is 8.03. The molecule has 0 aliphatic carbocycles. The van der Waals surface area contributed by atoms with Crippen LogP contribution in [0.25, 0.3) is 0 Å². The molecule has 0 radical (unpaired) electrons. The minimum atomic E-state index is -4.81. The topological polar surface area (TPSA) is 49.4 Å². The molecule has 0 aromatic heterocycles. The Balaban J connectivity index is 2.98. The van der Waals surface area contributed by atoms with E-state index in [0.717, 1.165) is 12.1 Å². The van der Waals surface area contributed by atoms with Crippen LogP contribution in [-0.4, -0.2) is 38.5 Å². The lowest BCUT2D eigenvalue weighted by molar-refractivity contribution is -0.139. The van der Waals surface area contributed by atoms with Gasteiger partial charge in [-0.2, -0.15) is 13.2 Å². The Kier molecular flexibility index (Phi) is 7.10. The predicted octanol–water partition coefficient (Wildman–Crippen LogP) is 3.76. The average Bonchev–Trinajstić information content (AvgIpc) is 2.41. The van der Waals surface area contributed by atoms with Gasteiger partial charge in [0, 0.05) is 30.2 Å². The van der Waals surface area contributed by atoms with E-state index in [4.69, 9.17) is 11.6 Å². The van der Waals surface area contributed by atoms with Crippen LogP contribution in [0.5, 0.6) is 0 Å². The van der Waals surface area contributed by atoms with E-state index in [1.54, 1.807) is 0 Å². The SMILES string of the molecule is CC(C)N(CCNS(=O)(=O)c1ccc(Cl)cc1C(F)(F)F)C(C)C. The first-order chi connectivity index (χ1) is 10.9. The van der Waals surface area contributed by atoms with Gasteiger partial charge in [-0.15, -0.1) is 0 Å². The number of nitrogens with zero attached hydrogens (tertiary/aromatic N) is 1. The van der Waals surface area contributed by atoms with Crippen LogP contribution in [0.15, 0.2) is 23.1 Å². The summed E-state index contributed by atoms with van der Waals surface area (Å²) < 4.78 is 65.9. The fourth-order valence-electron chi connectivity index (χ4n) is 2.46. The smallest absolute Gasteiger partial charge is 0.297 e. The predicted molar refractivity (Wildman–Crippen MR) is 88.6 cm³/mol. The number of rotatable bonds is 7. The van der Waals surface area contributed by atoms with Gasteiger partial charge in [0.15, 0.2) is 0 Å².